The molecule has 0 saturated carbocycles. The van der Waals surface area contributed by atoms with Gasteiger partial charge < -0.3 is 10.4 Å². The average Bonchev–Trinajstić information content (AvgIpc) is 2.44. The Morgan fingerprint density at radius 1 is 1.10 bits per heavy atom. The smallest absolute Gasteiger partial charge is 0.163 e. The lowest BCUT2D eigenvalue weighted by atomic mass is 10.0. The number of nitrogens with one attached hydrogen (secondary N) is 1. The normalized spacial score (nSPS) is 12.4. The SMILES string of the molecule is Cc1ccccc1C(O)CNCc1cccc(F)c1F. The maximum Gasteiger partial charge on any atom is 0.163 e. The number of aliphatic hydroxyl groups excluding tert-OH is 1. The summed E-state index contributed by atoms with van der Waals surface area (Å²) < 4.78 is 26.5. The van der Waals surface area contributed by atoms with Crippen LogP contribution in [0.1, 0.15) is 22.8 Å². The Morgan fingerprint density at radius 3 is 2.60 bits per heavy atom. The third-order valence-electron chi connectivity index (χ3n) is 3.23. The maximum absolute atomic E-state index is 13.4. The van der Waals surface area contributed by atoms with Gasteiger partial charge in [-0.1, -0.05) is 36.4 Å². The first-order chi connectivity index (χ1) is 9.59. The van der Waals surface area contributed by atoms with Crippen LogP contribution in [0.4, 0.5) is 8.78 Å². The number of aryl methyl sites for hydroxylation is 1. The van der Waals surface area contributed by atoms with E-state index < -0.39 is 17.7 Å². The molecule has 1 unspecified atom stereocenters. The third-order valence-corrected chi connectivity index (χ3v) is 3.23. The summed E-state index contributed by atoms with van der Waals surface area (Å²) in [5.41, 5.74) is 2.08. The van der Waals surface area contributed by atoms with Gasteiger partial charge in [0.05, 0.1) is 6.10 Å². The highest BCUT2D eigenvalue weighted by Gasteiger charge is 2.11. The van der Waals surface area contributed by atoms with E-state index in [1.54, 1.807) is 0 Å². The van der Waals surface area contributed by atoms with E-state index in [-0.39, 0.29) is 18.7 Å². The standard InChI is InChI=1S/C16H17F2NO/c1-11-5-2-3-7-13(11)15(20)10-19-9-12-6-4-8-14(17)16(12)18/h2-8,15,19-20H,9-10H2,1H3. The molecule has 0 aliphatic heterocycles. The van der Waals surface area contributed by atoms with Gasteiger partial charge in [-0.05, 0) is 24.1 Å². The van der Waals surface area contributed by atoms with Crippen LogP contribution in [0.15, 0.2) is 42.5 Å². The van der Waals surface area contributed by atoms with Crippen molar-refractivity contribution in [1.29, 1.82) is 0 Å². The summed E-state index contributed by atoms with van der Waals surface area (Å²) in [6.07, 6.45) is -0.673. The van der Waals surface area contributed by atoms with E-state index in [2.05, 4.69) is 5.32 Å². The van der Waals surface area contributed by atoms with Gasteiger partial charge >= 0.3 is 0 Å². The van der Waals surface area contributed by atoms with Gasteiger partial charge in [0.1, 0.15) is 0 Å². The Bertz CT molecular complexity index is 586. The molecule has 2 N–H and O–H groups in total. The fraction of sp³-hybridized carbons (Fsp3) is 0.250. The van der Waals surface area contributed by atoms with Gasteiger partial charge in [0, 0.05) is 18.7 Å². The van der Waals surface area contributed by atoms with Crippen molar-refractivity contribution in [2.75, 3.05) is 6.54 Å². The second-order valence-electron chi connectivity index (χ2n) is 4.72. The van der Waals surface area contributed by atoms with Gasteiger partial charge in [0.2, 0.25) is 0 Å². The number of benzene rings is 2. The Balaban J connectivity index is 1.93. The van der Waals surface area contributed by atoms with Crippen molar-refractivity contribution in [2.24, 2.45) is 0 Å². The topological polar surface area (TPSA) is 32.3 Å². The fourth-order valence-electron chi connectivity index (χ4n) is 2.10. The van der Waals surface area contributed by atoms with Crippen LogP contribution in [0, 0.1) is 18.6 Å². The maximum atomic E-state index is 13.4. The highest BCUT2D eigenvalue weighted by molar-refractivity contribution is 5.27. The van der Waals surface area contributed by atoms with Crippen LogP contribution in [0.5, 0.6) is 0 Å². The molecule has 20 heavy (non-hydrogen) atoms. The Kier molecular flexibility index (Phi) is 4.82. The molecule has 0 aliphatic rings. The van der Waals surface area contributed by atoms with Crippen molar-refractivity contribution >= 4 is 0 Å². The number of hydrogen-bond acceptors (Lipinski definition) is 2. The highest BCUT2D eigenvalue weighted by Crippen LogP contribution is 2.17. The average molecular weight is 277 g/mol. The predicted octanol–water partition coefficient (Wildman–Crippen LogP) is 3.10. The molecule has 0 aromatic heterocycles. The monoisotopic (exact) mass is 277 g/mol. The number of halogens is 2. The van der Waals surface area contributed by atoms with E-state index in [1.807, 2.05) is 31.2 Å². The third kappa shape index (κ3) is 3.40. The molecule has 0 heterocycles. The van der Waals surface area contributed by atoms with E-state index in [4.69, 9.17) is 0 Å². The Labute approximate surface area is 117 Å². The van der Waals surface area contributed by atoms with Crippen molar-refractivity contribution in [3.05, 3.63) is 70.8 Å². The number of rotatable bonds is 5. The Morgan fingerprint density at radius 2 is 1.85 bits per heavy atom. The summed E-state index contributed by atoms with van der Waals surface area (Å²) in [5.74, 6) is -1.70. The summed E-state index contributed by atoms with van der Waals surface area (Å²) in [7, 11) is 0. The molecule has 2 nitrogen and oxygen atoms in total. The largest absolute Gasteiger partial charge is 0.387 e. The summed E-state index contributed by atoms with van der Waals surface area (Å²) in [6, 6.07) is 11.6. The summed E-state index contributed by atoms with van der Waals surface area (Å²) in [4.78, 5) is 0. The molecule has 2 rings (SSSR count). The van der Waals surface area contributed by atoms with Crippen molar-refractivity contribution in [2.45, 2.75) is 19.6 Å². The molecule has 0 radical (unpaired) electrons. The van der Waals surface area contributed by atoms with E-state index >= 15 is 0 Å². The predicted molar refractivity (Wildman–Crippen MR) is 74.2 cm³/mol. The van der Waals surface area contributed by atoms with Gasteiger partial charge in [0.15, 0.2) is 11.6 Å². The zero-order chi connectivity index (χ0) is 14.5. The lowest BCUT2D eigenvalue weighted by molar-refractivity contribution is 0.173. The summed E-state index contributed by atoms with van der Waals surface area (Å²) >= 11 is 0. The first-order valence-corrected chi connectivity index (χ1v) is 6.47. The number of aliphatic hydroxyl groups is 1. The second kappa shape index (κ2) is 6.59. The van der Waals surface area contributed by atoms with Crippen molar-refractivity contribution in [1.82, 2.24) is 5.32 Å². The van der Waals surface area contributed by atoms with E-state index in [0.717, 1.165) is 17.2 Å². The van der Waals surface area contributed by atoms with Crippen LogP contribution in [-0.2, 0) is 6.54 Å². The van der Waals surface area contributed by atoms with Crippen LogP contribution in [-0.4, -0.2) is 11.7 Å². The fourth-order valence-corrected chi connectivity index (χ4v) is 2.10. The first kappa shape index (κ1) is 14.6. The molecular formula is C16H17F2NO. The van der Waals surface area contributed by atoms with Crippen molar-refractivity contribution in [3.63, 3.8) is 0 Å². The van der Waals surface area contributed by atoms with Crippen LogP contribution in [0.2, 0.25) is 0 Å². The molecule has 4 heteroatoms. The van der Waals surface area contributed by atoms with Crippen molar-refractivity contribution < 1.29 is 13.9 Å². The molecule has 0 spiro atoms. The molecule has 0 aliphatic carbocycles. The minimum absolute atomic E-state index is 0.173. The molecule has 0 amide bonds. The lowest BCUT2D eigenvalue weighted by Gasteiger charge is -2.14. The first-order valence-electron chi connectivity index (χ1n) is 6.47. The second-order valence-corrected chi connectivity index (χ2v) is 4.72. The quantitative estimate of drug-likeness (QED) is 0.880. The number of hydrogen-bond donors (Lipinski definition) is 2. The van der Waals surface area contributed by atoms with Crippen LogP contribution < -0.4 is 5.32 Å². The van der Waals surface area contributed by atoms with Gasteiger partial charge in [-0.2, -0.15) is 0 Å². The molecule has 2 aromatic rings. The lowest BCUT2D eigenvalue weighted by Crippen LogP contribution is -2.22. The van der Waals surface area contributed by atoms with Crippen LogP contribution >= 0.6 is 0 Å². The van der Waals surface area contributed by atoms with Gasteiger partial charge in [-0.15, -0.1) is 0 Å². The van der Waals surface area contributed by atoms with Gasteiger partial charge in [0.25, 0.3) is 0 Å². The van der Waals surface area contributed by atoms with E-state index in [0.29, 0.717) is 0 Å². The van der Waals surface area contributed by atoms with E-state index in [9.17, 15) is 13.9 Å². The highest BCUT2D eigenvalue weighted by atomic mass is 19.2. The van der Waals surface area contributed by atoms with Crippen molar-refractivity contribution in [3.8, 4) is 0 Å². The Hall–Kier alpha value is -1.78. The van der Waals surface area contributed by atoms with Gasteiger partial charge in [-0.25, -0.2) is 8.78 Å². The molecule has 2 aromatic carbocycles. The molecule has 0 bridgehead atoms. The molecular weight excluding hydrogens is 260 g/mol. The zero-order valence-corrected chi connectivity index (χ0v) is 11.2. The minimum Gasteiger partial charge on any atom is -0.387 e. The summed E-state index contributed by atoms with van der Waals surface area (Å²) in [5, 5.41) is 13.0. The zero-order valence-electron chi connectivity index (χ0n) is 11.2. The van der Waals surface area contributed by atoms with Crippen LogP contribution in [0.25, 0.3) is 0 Å². The summed E-state index contributed by atoms with van der Waals surface area (Å²) in [6.45, 7) is 2.37. The molecule has 0 saturated heterocycles. The molecule has 106 valence electrons. The van der Waals surface area contributed by atoms with Crippen LogP contribution in [0.3, 0.4) is 0 Å². The molecule has 0 fully saturated rings. The minimum atomic E-state index is -0.858. The molecule has 1 atom stereocenters. The van der Waals surface area contributed by atoms with E-state index in [1.165, 1.54) is 12.1 Å². The van der Waals surface area contributed by atoms with Gasteiger partial charge in [-0.3, -0.25) is 0 Å².